The zero-order valence-electron chi connectivity index (χ0n) is 4.41. The van der Waals surface area contributed by atoms with Crippen molar-refractivity contribution < 1.29 is 0 Å². The first-order chi connectivity index (χ1) is 3.39. The van der Waals surface area contributed by atoms with Crippen LogP contribution in [0.5, 0.6) is 0 Å². The molecule has 0 unspecified atom stereocenters. The molecule has 1 aliphatic rings. The third-order valence-corrected chi connectivity index (χ3v) is 2.47. The van der Waals surface area contributed by atoms with Gasteiger partial charge in [0.15, 0.2) is 3.92 Å². The van der Waals surface area contributed by atoms with E-state index in [0.717, 1.165) is 0 Å². The standard InChI is InChI=1S/C6H10I/c7-6-4-2-1-3-5-6/h1-5H2/q+1. The summed E-state index contributed by atoms with van der Waals surface area (Å²) in [7, 11) is 0. The van der Waals surface area contributed by atoms with Crippen molar-refractivity contribution in [2.75, 3.05) is 0 Å². The van der Waals surface area contributed by atoms with Crippen LogP contribution in [-0.2, 0) is 0 Å². The summed E-state index contributed by atoms with van der Waals surface area (Å²) in [5.41, 5.74) is 0. The first kappa shape index (κ1) is 5.73. The molecule has 0 aliphatic heterocycles. The molecule has 1 heteroatoms. The topological polar surface area (TPSA) is 0 Å². The molecule has 0 heterocycles. The molecule has 7 heavy (non-hydrogen) atoms. The number of rotatable bonds is 0. The molecular formula is C6H10I+. The van der Waals surface area contributed by atoms with Crippen molar-refractivity contribution in [3.8, 4) is 0 Å². The van der Waals surface area contributed by atoms with Gasteiger partial charge in [-0.25, -0.2) is 0 Å². The number of hydrogen-bond acceptors (Lipinski definition) is 0. The molecule has 0 N–H and O–H groups in total. The third-order valence-electron chi connectivity index (χ3n) is 1.40. The Morgan fingerprint density at radius 1 is 1.00 bits per heavy atom. The van der Waals surface area contributed by atoms with Gasteiger partial charge >= 0.3 is 0 Å². The van der Waals surface area contributed by atoms with Crippen molar-refractivity contribution in [1.82, 2.24) is 0 Å². The molecule has 0 saturated heterocycles. The summed E-state index contributed by atoms with van der Waals surface area (Å²) in [6, 6.07) is 0. The lowest BCUT2D eigenvalue weighted by Crippen LogP contribution is -1.94. The molecule has 0 nitrogen and oxygen atoms in total. The first-order valence-corrected chi connectivity index (χ1v) is 3.97. The van der Waals surface area contributed by atoms with Gasteiger partial charge in [-0.15, -0.1) is 0 Å². The van der Waals surface area contributed by atoms with E-state index >= 15 is 0 Å². The van der Waals surface area contributed by atoms with Crippen LogP contribution in [-0.4, -0.2) is 0 Å². The van der Waals surface area contributed by atoms with E-state index in [1.54, 1.807) is 3.92 Å². The van der Waals surface area contributed by atoms with Gasteiger partial charge in [-0.3, -0.25) is 0 Å². The molecule has 0 amide bonds. The molecule has 0 aromatic carbocycles. The van der Waals surface area contributed by atoms with Crippen LogP contribution >= 0.6 is 22.6 Å². The van der Waals surface area contributed by atoms with E-state index in [0.29, 0.717) is 0 Å². The molecule has 0 atom stereocenters. The molecule has 1 aliphatic carbocycles. The molecule has 1 saturated carbocycles. The van der Waals surface area contributed by atoms with Gasteiger partial charge in [0.05, 0.1) is 12.8 Å². The Kier molecular flexibility index (Phi) is 2.29. The molecule has 0 bridgehead atoms. The summed E-state index contributed by atoms with van der Waals surface area (Å²) in [5.74, 6) is 0. The number of halogens is 1. The Bertz CT molecular complexity index is 46.1. The maximum atomic E-state index is 2.47. The van der Waals surface area contributed by atoms with E-state index in [1.165, 1.54) is 32.1 Å². The van der Waals surface area contributed by atoms with E-state index in [9.17, 15) is 0 Å². The summed E-state index contributed by atoms with van der Waals surface area (Å²) in [6.45, 7) is 0. The van der Waals surface area contributed by atoms with E-state index in [4.69, 9.17) is 0 Å². The van der Waals surface area contributed by atoms with Crippen LogP contribution in [0.15, 0.2) is 0 Å². The Morgan fingerprint density at radius 3 is 1.86 bits per heavy atom. The highest BCUT2D eigenvalue weighted by atomic mass is 127. The van der Waals surface area contributed by atoms with Crippen molar-refractivity contribution in [2.45, 2.75) is 32.1 Å². The van der Waals surface area contributed by atoms with Crippen molar-refractivity contribution in [1.29, 1.82) is 0 Å². The van der Waals surface area contributed by atoms with Crippen molar-refractivity contribution in [3.63, 3.8) is 0 Å². The molecule has 0 spiro atoms. The Balaban J connectivity index is 2.12. The SMILES string of the molecule is I[C+]1CCCCC1. The summed E-state index contributed by atoms with van der Waals surface area (Å²) >= 11 is 2.47. The van der Waals surface area contributed by atoms with Gasteiger partial charge in [-0.2, -0.15) is 0 Å². The Hall–Kier alpha value is 0.600. The minimum absolute atomic E-state index is 1.39. The van der Waals surface area contributed by atoms with Gasteiger partial charge < -0.3 is 0 Å². The summed E-state index contributed by atoms with van der Waals surface area (Å²) in [5, 5.41) is 0. The largest absolute Gasteiger partial charge is 0.215 e. The fourth-order valence-corrected chi connectivity index (χ4v) is 1.70. The summed E-state index contributed by atoms with van der Waals surface area (Å²) < 4.78 is 1.68. The van der Waals surface area contributed by atoms with E-state index in [2.05, 4.69) is 22.6 Å². The fraction of sp³-hybridized carbons (Fsp3) is 0.833. The third kappa shape index (κ3) is 1.89. The molecular weight excluding hydrogens is 199 g/mol. The smallest absolute Gasteiger partial charge is 0.0451 e. The summed E-state index contributed by atoms with van der Waals surface area (Å²) in [4.78, 5) is 0. The van der Waals surface area contributed by atoms with Crippen LogP contribution in [0.1, 0.15) is 32.1 Å². The van der Waals surface area contributed by atoms with Crippen LogP contribution in [0.25, 0.3) is 0 Å². The fourth-order valence-electron chi connectivity index (χ4n) is 0.935. The second-order valence-electron chi connectivity index (χ2n) is 2.08. The molecule has 0 aromatic rings. The highest BCUT2D eigenvalue weighted by Crippen LogP contribution is 2.30. The maximum Gasteiger partial charge on any atom is 0.215 e. The lowest BCUT2D eigenvalue weighted by Gasteiger charge is -2.03. The zero-order chi connectivity index (χ0) is 5.11. The monoisotopic (exact) mass is 209 g/mol. The predicted molar refractivity (Wildman–Crippen MR) is 40.3 cm³/mol. The van der Waals surface area contributed by atoms with Crippen LogP contribution in [0.4, 0.5) is 0 Å². The van der Waals surface area contributed by atoms with E-state index in [1.807, 2.05) is 0 Å². The second kappa shape index (κ2) is 2.80. The van der Waals surface area contributed by atoms with Gasteiger partial charge in [0, 0.05) is 0 Å². The molecule has 40 valence electrons. The quantitative estimate of drug-likeness (QED) is 0.425. The Labute approximate surface area is 58.8 Å². The zero-order valence-corrected chi connectivity index (χ0v) is 6.57. The highest BCUT2D eigenvalue weighted by molar-refractivity contribution is 14.1. The normalized spacial score (nSPS) is 22.7. The van der Waals surface area contributed by atoms with Gasteiger partial charge in [0.25, 0.3) is 0 Å². The molecule has 0 aromatic heterocycles. The van der Waals surface area contributed by atoms with Crippen molar-refractivity contribution >= 4 is 22.6 Å². The minimum Gasteiger partial charge on any atom is -0.0451 e. The van der Waals surface area contributed by atoms with Crippen molar-refractivity contribution in [3.05, 3.63) is 3.92 Å². The average molecular weight is 209 g/mol. The molecule has 0 radical (unpaired) electrons. The maximum absolute atomic E-state index is 2.47. The van der Waals surface area contributed by atoms with Gasteiger partial charge in [-0.1, -0.05) is 0 Å². The summed E-state index contributed by atoms with van der Waals surface area (Å²) in [6.07, 6.45) is 7.13. The van der Waals surface area contributed by atoms with Crippen LogP contribution < -0.4 is 0 Å². The number of hydrogen-bond donors (Lipinski definition) is 0. The van der Waals surface area contributed by atoms with E-state index < -0.39 is 0 Å². The second-order valence-corrected chi connectivity index (χ2v) is 3.60. The van der Waals surface area contributed by atoms with Gasteiger partial charge in [-0.05, 0) is 19.3 Å². The molecule has 1 rings (SSSR count). The van der Waals surface area contributed by atoms with Crippen LogP contribution in [0.2, 0.25) is 0 Å². The predicted octanol–water partition coefficient (Wildman–Crippen LogP) is 2.92. The highest BCUT2D eigenvalue weighted by Gasteiger charge is 2.19. The van der Waals surface area contributed by atoms with Crippen LogP contribution in [0.3, 0.4) is 0 Å². The average Bonchev–Trinajstić information content (AvgIpc) is 1.69. The minimum atomic E-state index is 1.39. The van der Waals surface area contributed by atoms with Gasteiger partial charge in [0.2, 0.25) is 22.6 Å². The molecule has 1 fully saturated rings. The van der Waals surface area contributed by atoms with Crippen molar-refractivity contribution in [2.24, 2.45) is 0 Å². The van der Waals surface area contributed by atoms with E-state index in [-0.39, 0.29) is 0 Å². The Morgan fingerprint density at radius 2 is 1.57 bits per heavy atom. The lowest BCUT2D eigenvalue weighted by atomic mass is 10.0. The first-order valence-electron chi connectivity index (χ1n) is 2.90. The lowest BCUT2D eigenvalue weighted by molar-refractivity contribution is 0.586. The van der Waals surface area contributed by atoms with Gasteiger partial charge in [0.1, 0.15) is 0 Å². The van der Waals surface area contributed by atoms with Crippen LogP contribution in [0, 0.1) is 3.92 Å².